The van der Waals surface area contributed by atoms with Gasteiger partial charge in [-0.2, -0.15) is 0 Å². The van der Waals surface area contributed by atoms with Crippen LogP contribution in [0.5, 0.6) is 5.75 Å². The van der Waals surface area contributed by atoms with Gasteiger partial charge in [0.2, 0.25) is 0 Å². The molecule has 0 aromatic heterocycles. The van der Waals surface area contributed by atoms with E-state index in [0.717, 1.165) is 18.2 Å². The van der Waals surface area contributed by atoms with Crippen molar-refractivity contribution in [2.45, 2.75) is 12.5 Å². The largest absolute Gasteiger partial charge is 0.497 e. The molecule has 0 fully saturated rings. The molecule has 1 atom stereocenters. The van der Waals surface area contributed by atoms with Crippen molar-refractivity contribution in [3.63, 3.8) is 0 Å². The molecule has 2 rings (SSSR count). The topological polar surface area (TPSA) is 29.5 Å². The van der Waals surface area contributed by atoms with Crippen LogP contribution in [0.1, 0.15) is 17.2 Å². The molecule has 0 aliphatic rings. The number of aliphatic hydroxyl groups excluding tert-OH is 1. The molecule has 0 saturated carbocycles. The molecule has 1 N–H and O–H groups in total. The highest BCUT2D eigenvalue weighted by molar-refractivity contribution is 5.30. The molecule has 100 valence electrons. The fraction of sp³-hybridized carbons (Fsp3) is 0.200. The summed E-state index contributed by atoms with van der Waals surface area (Å²) in [6.45, 7) is 0. The zero-order valence-corrected chi connectivity index (χ0v) is 10.4. The second-order valence-electron chi connectivity index (χ2n) is 4.23. The van der Waals surface area contributed by atoms with E-state index in [0.29, 0.717) is 11.3 Å². The van der Waals surface area contributed by atoms with E-state index in [-0.39, 0.29) is 12.0 Å². The molecule has 0 amide bonds. The minimum absolute atomic E-state index is 0.0237. The van der Waals surface area contributed by atoms with E-state index in [4.69, 9.17) is 4.74 Å². The molecule has 2 aromatic rings. The van der Waals surface area contributed by atoms with Crippen LogP contribution in [0.15, 0.2) is 42.5 Å². The van der Waals surface area contributed by atoms with E-state index in [2.05, 4.69) is 0 Å². The van der Waals surface area contributed by atoms with Crippen molar-refractivity contribution in [1.82, 2.24) is 0 Å². The number of hydrogen-bond donors (Lipinski definition) is 1. The summed E-state index contributed by atoms with van der Waals surface area (Å²) in [6.07, 6.45) is -0.863. The number of halogens is 2. The Morgan fingerprint density at radius 3 is 2.42 bits per heavy atom. The summed E-state index contributed by atoms with van der Waals surface area (Å²) in [5, 5.41) is 10.0. The van der Waals surface area contributed by atoms with Gasteiger partial charge in [-0.1, -0.05) is 12.1 Å². The summed E-state index contributed by atoms with van der Waals surface area (Å²) in [4.78, 5) is 0. The molecule has 0 bridgehead atoms. The standard InChI is InChI=1S/C15H14F2O2/c1-19-13-5-2-10(3-6-13)15(18)9-11-8-12(16)4-7-14(11)17/h2-8,15,18H,9H2,1H3. The monoisotopic (exact) mass is 264 g/mol. The van der Waals surface area contributed by atoms with Crippen molar-refractivity contribution in [2.24, 2.45) is 0 Å². The van der Waals surface area contributed by atoms with Crippen LogP contribution in [0.2, 0.25) is 0 Å². The number of rotatable bonds is 4. The van der Waals surface area contributed by atoms with Crippen LogP contribution in [0.4, 0.5) is 8.78 Å². The van der Waals surface area contributed by atoms with E-state index in [9.17, 15) is 13.9 Å². The minimum Gasteiger partial charge on any atom is -0.497 e. The Morgan fingerprint density at radius 2 is 1.79 bits per heavy atom. The third-order valence-corrected chi connectivity index (χ3v) is 2.92. The van der Waals surface area contributed by atoms with Gasteiger partial charge in [-0.05, 0) is 41.5 Å². The lowest BCUT2D eigenvalue weighted by Gasteiger charge is -2.12. The lowest BCUT2D eigenvalue weighted by atomic mass is 10.0. The molecule has 0 saturated heterocycles. The van der Waals surface area contributed by atoms with Crippen LogP contribution in [-0.2, 0) is 6.42 Å². The summed E-state index contributed by atoms with van der Waals surface area (Å²) in [5.41, 5.74) is 0.785. The third kappa shape index (κ3) is 3.29. The summed E-state index contributed by atoms with van der Waals surface area (Å²) < 4.78 is 31.5. The molecule has 2 aromatic carbocycles. The molecule has 0 radical (unpaired) electrons. The van der Waals surface area contributed by atoms with Crippen LogP contribution >= 0.6 is 0 Å². The maximum atomic E-state index is 13.5. The van der Waals surface area contributed by atoms with Crippen molar-refractivity contribution >= 4 is 0 Å². The highest BCUT2D eigenvalue weighted by atomic mass is 19.1. The second-order valence-corrected chi connectivity index (χ2v) is 4.23. The first kappa shape index (κ1) is 13.5. The van der Waals surface area contributed by atoms with Gasteiger partial charge in [0.25, 0.3) is 0 Å². The summed E-state index contributed by atoms with van der Waals surface area (Å²) in [6, 6.07) is 10.0. The van der Waals surface area contributed by atoms with Gasteiger partial charge >= 0.3 is 0 Å². The first-order valence-electron chi connectivity index (χ1n) is 5.86. The zero-order chi connectivity index (χ0) is 13.8. The summed E-state index contributed by atoms with van der Waals surface area (Å²) >= 11 is 0. The van der Waals surface area contributed by atoms with Crippen molar-refractivity contribution in [3.8, 4) is 5.75 Å². The van der Waals surface area contributed by atoms with Crippen LogP contribution < -0.4 is 4.74 Å². The Hall–Kier alpha value is -1.94. The zero-order valence-electron chi connectivity index (χ0n) is 10.4. The molecule has 2 nitrogen and oxygen atoms in total. The number of methoxy groups -OCH3 is 1. The Kier molecular flexibility index (Phi) is 4.12. The fourth-order valence-corrected chi connectivity index (χ4v) is 1.85. The minimum atomic E-state index is -0.887. The third-order valence-electron chi connectivity index (χ3n) is 2.92. The highest BCUT2D eigenvalue weighted by Crippen LogP contribution is 2.22. The molecule has 4 heteroatoms. The first-order chi connectivity index (χ1) is 9.10. The quantitative estimate of drug-likeness (QED) is 0.918. The maximum Gasteiger partial charge on any atom is 0.126 e. The Bertz CT molecular complexity index is 553. The van der Waals surface area contributed by atoms with Gasteiger partial charge in [0.05, 0.1) is 13.2 Å². The predicted octanol–water partition coefficient (Wildman–Crippen LogP) is 3.25. The molecule has 0 aliphatic carbocycles. The summed E-state index contributed by atoms with van der Waals surface area (Å²) in [7, 11) is 1.55. The molecule has 0 spiro atoms. The van der Waals surface area contributed by atoms with Gasteiger partial charge in [0, 0.05) is 6.42 Å². The van der Waals surface area contributed by atoms with E-state index < -0.39 is 17.7 Å². The molecule has 0 heterocycles. The van der Waals surface area contributed by atoms with Crippen LogP contribution in [0, 0.1) is 11.6 Å². The van der Waals surface area contributed by atoms with Gasteiger partial charge in [-0.3, -0.25) is 0 Å². The summed E-state index contributed by atoms with van der Waals surface area (Å²) in [5.74, 6) is -0.361. The average Bonchev–Trinajstić information content (AvgIpc) is 2.43. The van der Waals surface area contributed by atoms with Crippen LogP contribution in [0.25, 0.3) is 0 Å². The van der Waals surface area contributed by atoms with Crippen molar-refractivity contribution < 1.29 is 18.6 Å². The van der Waals surface area contributed by atoms with Crippen LogP contribution in [-0.4, -0.2) is 12.2 Å². The molecular formula is C15H14F2O2. The van der Waals surface area contributed by atoms with Crippen molar-refractivity contribution in [1.29, 1.82) is 0 Å². The smallest absolute Gasteiger partial charge is 0.126 e. The van der Waals surface area contributed by atoms with Gasteiger partial charge in [0.15, 0.2) is 0 Å². The maximum absolute atomic E-state index is 13.5. The van der Waals surface area contributed by atoms with E-state index in [1.54, 1.807) is 31.4 Å². The first-order valence-corrected chi connectivity index (χ1v) is 5.86. The fourth-order valence-electron chi connectivity index (χ4n) is 1.85. The molecule has 0 aliphatic heterocycles. The van der Waals surface area contributed by atoms with E-state index >= 15 is 0 Å². The lowest BCUT2D eigenvalue weighted by molar-refractivity contribution is 0.177. The average molecular weight is 264 g/mol. The Balaban J connectivity index is 2.15. The van der Waals surface area contributed by atoms with Gasteiger partial charge in [-0.25, -0.2) is 8.78 Å². The van der Waals surface area contributed by atoms with Crippen molar-refractivity contribution in [2.75, 3.05) is 7.11 Å². The van der Waals surface area contributed by atoms with Gasteiger partial charge in [-0.15, -0.1) is 0 Å². The number of ether oxygens (including phenoxy) is 1. The van der Waals surface area contributed by atoms with Gasteiger partial charge in [0.1, 0.15) is 17.4 Å². The highest BCUT2D eigenvalue weighted by Gasteiger charge is 2.12. The Labute approximate surface area is 110 Å². The van der Waals surface area contributed by atoms with E-state index in [1.165, 1.54) is 0 Å². The number of aliphatic hydroxyl groups is 1. The Morgan fingerprint density at radius 1 is 1.11 bits per heavy atom. The number of benzene rings is 2. The normalized spacial score (nSPS) is 12.2. The SMILES string of the molecule is COc1ccc(C(O)Cc2cc(F)ccc2F)cc1. The molecular weight excluding hydrogens is 250 g/mol. The van der Waals surface area contributed by atoms with Gasteiger partial charge < -0.3 is 9.84 Å². The van der Waals surface area contributed by atoms with E-state index in [1.807, 2.05) is 0 Å². The second kappa shape index (κ2) is 5.80. The molecule has 19 heavy (non-hydrogen) atoms. The van der Waals surface area contributed by atoms with Crippen molar-refractivity contribution in [3.05, 3.63) is 65.2 Å². The van der Waals surface area contributed by atoms with Crippen LogP contribution in [0.3, 0.4) is 0 Å². The lowest BCUT2D eigenvalue weighted by Crippen LogP contribution is -2.04. The predicted molar refractivity (Wildman–Crippen MR) is 68.0 cm³/mol. The number of hydrogen-bond acceptors (Lipinski definition) is 2. The molecule has 1 unspecified atom stereocenters.